The van der Waals surface area contributed by atoms with Crippen molar-refractivity contribution in [2.75, 3.05) is 25.0 Å². The summed E-state index contributed by atoms with van der Waals surface area (Å²) < 4.78 is 5.53. The zero-order valence-electron chi connectivity index (χ0n) is 16.2. The van der Waals surface area contributed by atoms with E-state index in [1.54, 1.807) is 5.38 Å². The maximum atomic E-state index is 12.4. The largest absolute Gasteiger partial charge is 0.372 e. The van der Waals surface area contributed by atoms with Crippen LogP contribution in [-0.2, 0) is 11.3 Å². The van der Waals surface area contributed by atoms with Gasteiger partial charge in [0.15, 0.2) is 0 Å². The maximum Gasteiger partial charge on any atom is 0.275 e. The van der Waals surface area contributed by atoms with Gasteiger partial charge in [-0.1, -0.05) is 25.0 Å². The molecule has 1 saturated heterocycles. The smallest absolute Gasteiger partial charge is 0.275 e. The Labute approximate surface area is 165 Å². The summed E-state index contributed by atoms with van der Waals surface area (Å²) in [5.41, 5.74) is 2.53. The number of rotatable bonds is 7. The number of hydrogen-bond donors (Lipinski definition) is 1. The van der Waals surface area contributed by atoms with Gasteiger partial charge in [-0.3, -0.25) is 9.69 Å². The minimum Gasteiger partial charge on any atom is -0.372 e. The van der Waals surface area contributed by atoms with Crippen LogP contribution in [-0.4, -0.2) is 35.5 Å². The van der Waals surface area contributed by atoms with Crippen molar-refractivity contribution in [3.8, 4) is 0 Å². The Balaban J connectivity index is 1.55. The third-order valence-corrected chi connectivity index (χ3v) is 5.84. The van der Waals surface area contributed by atoms with Crippen molar-refractivity contribution in [2.45, 2.75) is 52.2 Å². The van der Waals surface area contributed by atoms with Gasteiger partial charge in [-0.2, -0.15) is 0 Å². The molecule has 27 heavy (non-hydrogen) atoms. The highest BCUT2D eigenvalue weighted by Crippen LogP contribution is 2.22. The minimum absolute atomic E-state index is 0.0835. The SMILES string of the molecule is CCO[C@@H](C)c1nc(C(=O)Nc2ccc(CN3CCCCCC3)cc2)cs1. The summed E-state index contributed by atoms with van der Waals surface area (Å²) in [6, 6.07) is 8.15. The molecular formula is C21H29N3O2S. The van der Waals surface area contributed by atoms with Crippen LogP contribution in [0.5, 0.6) is 0 Å². The molecule has 1 atom stereocenters. The van der Waals surface area contributed by atoms with Crippen molar-refractivity contribution in [3.05, 3.63) is 45.9 Å². The first-order valence-electron chi connectivity index (χ1n) is 9.85. The molecule has 0 spiro atoms. The fourth-order valence-corrected chi connectivity index (χ4v) is 4.14. The van der Waals surface area contributed by atoms with Crippen molar-refractivity contribution in [1.82, 2.24) is 9.88 Å². The van der Waals surface area contributed by atoms with Gasteiger partial charge in [-0.05, 0) is 57.5 Å². The van der Waals surface area contributed by atoms with E-state index in [0.29, 0.717) is 12.3 Å². The molecule has 0 bridgehead atoms. The van der Waals surface area contributed by atoms with Gasteiger partial charge in [0.25, 0.3) is 5.91 Å². The molecule has 1 aliphatic rings. The zero-order valence-corrected chi connectivity index (χ0v) is 17.1. The number of likely N-dealkylation sites (tertiary alicyclic amines) is 1. The zero-order chi connectivity index (χ0) is 19.1. The van der Waals surface area contributed by atoms with Gasteiger partial charge in [0.05, 0.1) is 0 Å². The summed E-state index contributed by atoms with van der Waals surface area (Å²) in [5.74, 6) is -0.179. The number of anilines is 1. The third-order valence-electron chi connectivity index (χ3n) is 4.84. The molecule has 5 nitrogen and oxygen atoms in total. The Bertz CT molecular complexity index is 721. The van der Waals surface area contributed by atoms with Gasteiger partial charge in [0.2, 0.25) is 0 Å². The lowest BCUT2D eigenvalue weighted by Gasteiger charge is -2.19. The summed E-state index contributed by atoms with van der Waals surface area (Å²) in [6.07, 6.45) is 5.21. The van der Waals surface area contributed by atoms with Gasteiger partial charge in [0.1, 0.15) is 16.8 Å². The molecule has 1 amide bonds. The van der Waals surface area contributed by atoms with E-state index in [2.05, 4.69) is 27.3 Å². The van der Waals surface area contributed by atoms with Gasteiger partial charge in [-0.25, -0.2) is 4.98 Å². The molecule has 0 unspecified atom stereocenters. The molecule has 3 rings (SSSR count). The molecule has 2 heterocycles. The highest BCUT2D eigenvalue weighted by molar-refractivity contribution is 7.09. The number of nitrogens with zero attached hydrogens (tertiary/aromatic N) is 2. The summed E-state index contributed by atoms with van der Waals surface area (Å²) in [5, 5.41) is 5.55. The Kier molecular flexibility index (Phi) is 7.38. The van der Waals surface area contributed by atoms with Crippen LogP contribution in [0.25, 0.3) is 0 Å². The molecule has 146 valence electrons. The van der Waals surface area contributed by atoms with Gasteiger partial charge >= 0.3 is 0 Å². The highest BCUT2D eigenvalue weighted by atomic mass is 32.1. The normalized spacial score (nSPS) is 16.7. The number of benzene rings is 1. The second-order valence-electron chi connectivity index (χ2n) is 7.01. The minimum atomic E-state index is -0.179. The molecule has 1 aromatic heterocycles. The Morgan fingerprint density at radius 1 is 1.22 bits per heavy atom. The summed E-state index contributed by atoms with van der Waals surface area (Å²) in [7, 11) is 0. The second kappa shape index (κ2) is 9.97. The van der Waals surface area contributed by atoms with Crippen LogP contribution in [0.2, 0.25) is 0 Å². The van der Waals surface area contributed by atoms with E-state index in [1.165, 1.54) is 55.7 Å². The third kappa shape index (κ3) is 5.86. The highest BCUT2D eigenvalue weighted by Gasteiger charge is 2.15. The molecule has 0 aliphatic carbocycles. The standard InChI is InChI=1S/C21H29N3O2S/c1-3-26-16(2)21-23-19(15-27-21)20(25)22-18-10-8-17(9-11-18)14-24-12-6-4-5-7-13-24/h8-11,15-16H,3-7,12-14H2,1-2H3,(H,22,25)/t16-/m0/s1. The van der Waals surface area contributed by atoms with Crippen molar-refractivity contribution < 1.29 is 9.53 Å². The fraction of sp³-hybridized carbons (Fsp3) is 0.524. The number of amides is 1. The predicted octanol–water partition coefficient (Wildman–Crippen LogP) is 4.87. The van der Waals surface area contributed by atoms with Crippen LogP contribution in [0.3, 0.4) is 0 Å². The number of carbonyl (C=O) groups excluding carboxylic acids is 1. The number of carbonyl (C=O) groups is 1. The van der Waals surface area contributed by atoms with Crippen LogP contribution >= 0.6 is 11.3 Å². The first-order valence-corrected chi connectivity index (χ1v) is 10.7. The van der Waals surface area contributed by atoms with Crippen molar-refractivity contribution >= 4 is 22.9 Å². The average molecular weight is 388 g/mol. The van der Waals surface area contributed by atoms with Gasteiger partial charge in [0, 0.05) is 24.2 Å². The molecule has 0 radical (unpaired) electrons. The monoisotopic (exact) mass is 387 g/mol. The molecule has 1 N–H and O–H groups in total. The summed E-state index contributed by atoms with van der Waals surface area (Å²) in [6.45, 7) is 7.89. The average Bonchev–Trinajstić information content (AvgIpc) is 3.03. The van der Waals surface area contributed by atoms with E-state index in [9.17, 15) is 4.79 Å². The lowest BCUT2D eigenvalue weighted by atomic mass is 10.2. The van der Waals surface area contributed by atoms with Gasteiger partial charge < -0.3 is 10.1 Å². The van der Waals surface area contributed by atoms with Crippen LogP contribution in [0, 0.1) is 0 Å². The number of hydrogen-bond acceptors (Lipinski definition) is 5. The second-order valence-corrected chi connectivity index (χ2v) is 7.90. The summed E-state index contributed by atoms with van der Waals surface area (Å²) in [4.78, 5) is 19.4. The lowest BCUT2D eigenvalue weighted by Crippen LogP contribution is -2.23. The fourth-order valence-electron chi connectivity index (χ4n) is 3.34. The molecule has 2 aromatic rings. The van der Waals surface area contributed by atoms with Crippen LogP contribution in [0.1, 0.15) is 66.7 Å². The first kappa shape index (κ1) is 20.0. The molecule has 6 heteroatoms. The Hall–Kier alpha value is -1.76. The number of nitrogens with one attached hydrogen (secondary N) is 1. The molecule has 1 fully saturated rings. The number of ether oxygens (including phenoxy) is 1. The van der Waals surface area contributed by atoms with E-state index in [-0.39, 0.29) is 12.0 Å². The van der Waals surface area contributed by atoms with E-state index in [0.717, 1.165) is 17.2 Å². The quantitative estimate of drug-likeness (QED) is 0.736. The Morgan fingerprint density at radius 3 is 2.59 bits per heavy atom. The lowest BCUT2D eigenvalue weighted by molar-refractivity contribution is 0.0760. The number of thiazole rings is 1. The van der Waals surface area contributed by atoms with Crippen molar-refractivity contribution in [3.63, 3.8) is 0 Å². The topological polar surface area (TPSA) is 54.5 Å². The van der Waals surface area contributed by atoms with E-state index in [1.807, 2.05) is 26.0 Å². The van der Waals surface area contributed by atoms with Gasteiger partial charge in [-0.15, -0.1) is 11.3 Å². The predicted molar refractivity (Wildman–Crippen MR) is 110 cm³/mol. The molecule has 0 saturated carbocycles. The van der Waals surface area contributed by atoms with Crippen molar-refractivity contribution in [2.24, 2.45) is 0 Å². The van der Waals surface area contributed by atoms with Crippen molar-refractivity contribution in [1.29, 1.82) is 0 Å². The summed E-state index contributed by atoms with van der Waals surface area (Å²) >= 11 is 1.46. The maximum absolute atomic E-state index is 12.4. The molecular weight excluding hydrogens is 358 g/mol. The first-order chi connectivity index (χ1) is 13.2. The van der Waals surface area contributed by atoms with E-state index in [4.69, 9.17) is 4.74 Å². The number of aromatic nitrogens is 1. The Morgan fingerprint density at radius 2 is 1.93 bits per heavy atom. The van der Waals surface area contributed by atoms with E-state index < -0.39 is 0 Å². The molecule has 1 aliphatic heterocycles. The van der Waals surface area contributed by atoms with Crippen LogP contribution in [0.4, 0.5) is 5.69 Å². The van der Waals surface area contributed by atoms with E-state index >= 15 is 0 Å². The molecule has 1 aromatic carbocycles. The van der Waals surface area contributed by atoms with Crippen LogP contribution in [0.15, 0.2) is 29.6 Å². The van der Waals surface area contributed by atoms with Crippen LogP contribution < -0.4 is 5.32 Å².